The minimum Gasteiger partial charge on any atom is -0.338 e. The zero-order valence-electron chi connectivity index (χ0n) is 16.2. The fourth-order valence-corrected chi connectivity index (χ4v) is 3.46. The highest BCUT2D eigenvalue weighted by atomic mass is 19.1. The first-order chi connectivity index (χ1) is 12.7. The highest BCUT2D eigenvalue weighted by Gasteiger charge is 2.19. The number of hydrogen-bond donors (Lipinski definition) is 1. The van der Waals surface area contributed by atoms with E-state index >= 15 is 0 Å². The summed E-state index contributed by atoms with van der Waals surface area (Å²) in [7, 11) is 0. The zero-order chi connectivity index (χ0) is 18.6. The maximum absolute atomic E-state index is 12.8. The Morgan fingerprint density at radius 1 is 0.962 bits per heavy atom. The van der Waals surface area contributed by atoms with Gasteiger partial charge in [0.05, 0.1) is 0 Å². The number of piperazine rings is 1. The summed E-state index contributed by atoms with van der Waals surface area (Å²) in [6.45, 7) is 7.48. The number of carbonyl (C=O) groups excluding carboxylic acids is 1. The van der Waals surface area contributed by atoms with Crippen molar-refractivity contribution in [3.05, 3.63) is 35.6 Å². The zero-order valence-corrected chi connectivity index (χ0v) is 16.2. The molecule has 1 heterocycles. The van der Waals surface area contributed by atoms with Crippen LogP contribution < -0.4 is 5.32 Å². The van der Waals surface area contributed by atoms with Gasteiger partial charge in [0.1, 0.15) is 5.82 Å². The van der Waals surface area contributed by atoms with Gasteiger partial charge in [-0.05, 0) is 50.4 Å². The lowest BCUT2D eigenvalue weighted by Gasteiger charge is -2.34. The van der Waals surface area contributed by atoms with Crippen LogP contribution in [0.2, 0.25) is 0 Å². The molecule has 0 atom stereocenters. The van der Waals surface area contributed by atoms with E-state index in [0.717, 1.165) is 39.1 Å². The van der Waals surface area contributed by atoms with Crippen LogP contribution >= 0.6 is 0 Å². The van der Waals surface area contributed by atoms with Crippen LogP contribution in [0.3, 0.4) is 0 Å². The van der Waals surface area contributed by atoms with Crippen molar-refractivity contribution in [2.45, 2.75) is 51.9 Å². The second-order valence-electron chi connectivity index (χ2n) is 7.16. The van der Waals surface area contributed by atoms with Crippen LogP contribution in [0.25, 0.3) is 0 Å². The smallest absolute Gasteiger partial charge is 0.317 e. The molecule has 1 aromatic rings. The van der Waals surface area contributed by atoms with Crippen LogP contribution in [-0.2, 0) is 6.42 Å². The van der Waals surface area contributed by atoms with Gasteiger partial charge in [-0.3, -0.25) is 4.90 Å². The highest BCUT2D eigenvalue weighted by molar-refractivity contribution is 5.74. The first-order valence-corrected chi connectivity index (χ1v) is 10.2. The Labute approximate surface area is 157 Å². The molecule has 0 spiro atoms. The van der Waals surface area contributed by atoms with Gasteiger partial charge in [0.15, 0.2) is 0 Å². The summed E-state index contributed by atoms with van der Waals surface area (Å²) in [4.78, 5) is 16.2. The van der Waals surface area contributed by atoms with Crippen LogP contribution in [0, 0.1) is 5.82 Å². The number of carbonyl (C=O) groups is 1. The average molecular weight is 364 g/mol. The lowest BCUT2D eigenvalue weighted by Crippen LogP contribution is -2.51. The molecule has 1 N–H and O–H groups in total. The molecule has 1 aliphatic heterocycles. The van der Waals surface area contributed by atoms with Crippen LogP contribution in [0.15, 0.2) is 24.3 Å². The van der Waals surface area contributed by atoms with Gasteiger partial charge >= 0.3 is 6.03 Å². The summed E-state index contributed by atoms with van der Waals surface area (Å²) in [6.07, 6.45) is 8.60. The van der Waals surface area contributed by atoms with Crippen LogP contribution in [0.4, 0.5) is 9.18 Å². The number of urea groups is 1. The van der Waals surface area contributed by atoms with Crippen LogP contribution in [0.1, 0.15) is 51.0 Å². The Balaban J connectivity index is 1.42. The van der Waals surface area contributed by atoms with E-state index in [2.05, 4.69) is 10.2 Å². The number of nitrogens with one attached hydrogen (secondary N) is 1. The molecule has 1 saturated heterocycles. The molecule has 1 fully saturated rings. The molecular formula is C21H34FN3O. The molecule has 0 bridgehead atoms. The fourth-order valence-electron chi connectivity index (χ4n) is 3.46. The van der Waals surface area contributed by atoms with Crippen molar-refractivity contribution in [1.29, 1.82) is 0 Å². The van der Waals surface area contributed by atoms with Crippen molar-refractivity contribution in [1.82, 2.24) is 15.1 Å². The van der Waals surface area contributed by atoms with E-state index in [9.17, 15) is 9.18 Å². The standard InChI is InChI=1S/C21H34FN3O/c1-2-23-21(26)25-17-15-24(16-18-25)14-8-6-4-3-5-7-9-19-10-12-20(22)13-11-19/h10-13H,2-9,14-18H2,1H3,(H,23,26). The van der Waals surface area contributed by atoms with Gasteiger partial charge in [0.25, 0.3) is 0 Å². The number of nitrogens with zero attached hydrogens (tertiary/aromatic N) is 2. The van der Waals surface area contributed by atoms with Gasteiger partial charge in [-0.1, -0.05) is 37.8 Å². The maximum Gasteiger partial charge on any atom is 0.317 e. The summed E-state index contributed by atoms with van der Waals surface area (Å²) in [5, 5.41) is 2.87. The van der Waals surface area contributed by atoms with Gasteiger partial charge in [-0.2, -0.15) is 0 Å². The van der Waals surface area contributed by atoms with Crippen molar-refractivity contribution in [2.24, 2.45) is 0 Å². The average Bonchev–Trinajstić information content (AvgIpc) is 2.66. The summed E-state index contributed by atoms with van der Waals surface area (Å²) in [5.41, 5.74) is 1.23. The first kappa shape index (κ1) is 20.7. The third-order valence-corrected chi connectivity index (χ3v) is 5.09. The Hall–Kier alpha value is -1.62. The van der Waals surface area contributed by atoms with E-state index in [1.54, 1.807) is 12.1 Å². The maximum atomic E-state index is 12.8. The number of aryl methyl sites for hydroxylation is 1. The van der Waals surface area contributed by atoms with E-state index in [1.807, 2.05) is 24.0 Å². The lowest BCUT2D eigenvalue weighted by molar-refractivity contribution is 0.138. The van der Waals surface area contributed by atoms with Crippen molar-refractivity contribution in [3.63, 3.8) is 0 Å². The first-order valence-electron chi connectivity index (χ1n) is 10.2. The molecule has 1 aromatic carbocycles. The van der Waals surface area contributed by atoms with Crippen molar-refractivity contribution in [2.75, 3.05) is 39.3 Å². The van der Waals surface area contributed by atoms with E-state index in [4.69, 9.17) is 0 Å². The summed E-state index contributed by atoms with van der Waals surface area (Å²) >= 11 is 0. The van der Waals surface area contributed by atoms with E-state index < -0.39 is 0 Å². The lowest BCUT2D eigenvalue weighted by atomic mass is 10.0. The van der Waals surface area contributed by atoms with Crippen molar-refractivity contribution in [3.8, 4) is 0 Å². The van der Waals surface area contributed by atoms with Gasteiger partial charge in [-0.25, -0.2) is 9.18 Å². The molecule has 0 saturated carbocycles. The SMILES string of the molecule is CCNC(=O)N1CCN(CCCCCCCCc2ccc(F)cc2)CC1. The van der Waals surface area contributed by atoms with E-state index in [0.29, 0.717) is 6.54 Å². The van der Waals surface area contributed by atoms with Gasteiger partial charge in [0, 0.05) is 32.7 Å². The van der Waals surface area contributed by atoms with Crippen LogP contribution in [-0.4, -0.2) is 55.1 Å². The Morgan fingerprint density at radius 2 is 1.58 bits per heavy atom. The molecule has 5 heteroatoms. The number of hydrogen-bond acceptors (Lipinski definition) is 2. The second-order valence-corrected chi connectivity index (χ2v) is 7.16. The quantitative estimate of drug-likeness (QED) is 0.637. The predicted molar refractivity (Wildman–Crippen MR) is 105 cm³/mol. The van der Waals surface area contributed by atoms with Gasteiger partial charge in [0.2, 0.25) is 0 Å². The molecule has 1 aliphatic rings. The van der Waals surface area contributed by atoms with Gasteiger partial charge in [-0.15, -0.1) is 0 Å². The van der Waals surface area contributed by atoms with E-state index in [-0.39, 0.29) is 11.8 Å². The molecule has 146 valence electrons. The topological polar surface area (TPSA) is 35.6 Å². The van der Waals surface area contributed by atoms with E-state index in [1.165, 1.54) is 44.1 Å². The van der Waals surface area contributed by atoms with Crippen molar-refractivity contribution >= 4 is 6.03 Å². The second kappa shape index (κ2) is 11.9. The molecule has 0 aliphatic carbocycles. The normalized spacial score (nSPS) is 15.2. The molecule has 0 aromatic heterocycles. The predicted octanol–water partition coefficient (Wildman–Crippen LogP) is 4.06. The monoisotopic (exact) mass is 363 g/mol. The fraction of sp³-hybridized carbons (Fsp3) is 0.667. The molecule has 2 amide bonds. The number of benzene rings is 1. The third-order valence-electron chi connectivity index (χ3n) is 5.09. The third kappa shape index (κ3) is 7.73. The minimum absolute atomic E-state index is 0.0767. The largest absolute Gasteiger partial charge is 0.338 e. The van der Waals surface area contributed by atoms with Crippen molar-refractivity contribution < 1.29 is 9.18 Å². The number of amides is 2. The molecule has 26 heavy (non-hydrogen) atoms. The minimum atomic E-state index is -0.153. The molecular weight excluding hydrogens is 329 g/mol. The summed E-state index contributed by atoms with van der Waals surface area (Å²) < 4.78 is 12.8. The number of halogens is 1. The molecule has 2 rings (SSSR count). The van der Waals surface area contributed by atoms with Gasteiger partial charge < -0.3 is 10.2 Å². The summed E-state index contributed by atoms with van der Waals surface area (Å²) in [5.74, 6) is -0.153. The molecule has 0 unspecified atom stereocenters. The highest BCUT2D eigenvalue weighted by Crippen LogP contribution is 2.11. The molecule has 0 radical (unpaired) electrons. The Bertz CT molecular complexity index is 512. The molecule has 4 nitrogen and oxygen atoms in total. The number of unbranched alkanes of at least 4 members (excludes halogenated alkanes) is 5. The van der Waals surface area contributed by atoms with Crippen LogP contribution in [0.5, 0.6) is 0 Å². The Morgan fingerprint density at radius 3 is 2.23 bits per heavy atom. The Kier molecular flexibility index (Phi) is 9.46. The summed E-state index contributed by atoms with van der Waals surface area (Å²) in [6, 6.07) is 6.95. The number of rotatable bonds is 10.